The van der Waals surface area contributed by atoms with Gasteiger partial charge in [0.05, 0.1) is 17.6 Å². The molecule has 3 aromatic rings. The fourth-order valence-electron chi connectivity index (χ4n) is 4.10. The molecule has 5 rings (SSSR count). The quantitative estimate of drug-likeness (QED) is 0.716. The number of aromatic nitrogens is 5. The molecular weight excluding hydrogens is 374 g/mol. The average molecular weight is 396 g/mol. The Bertz CT molecular complexity index is 1060. The molecule has 1 N–H and O–H groups in total. The lowest BCUT2D eigenvalue weighted by Gasteiger charge is -2.28. The molecule has 2 aliphatic carbocycles. The van der Waals surface area contributed by atoms with Crippen molar-refractivity contribution in [3.8, 4) is 0 Å². The highest BCUT2D eigenvalue weighted by Crippen LogP contribution is 2.34. The number of nitrogens with one attached hydrogen (secondary N) is 1. The van der Waals surface area contributed by atoms with E-state index in [-0.39, 0.29) is 18.9 Å². The topological polar surface area (TPSA) is 68.0 Å². The third-order valence-corrected chi connectivity index (χ3v) is 5.71. The van der Waals surface area contributed by atoms with Gasteiger partial charge in [-0.1, -0.05) is 6.08 Å². The van der Waals surface area contributed by atoms with E-state index < -0.39 is 5.92 Å². The minimum Gasteiger partial charge on any atom is -0.351 e. The Morgan fingerprint density at radius 2 is 2.00 bits per heavy atom. The summed E-state index contributed by atoms with van der Waals surface area (Å²) < 4.78 is 28.5. The molecular formula is C21H22F2N6. The van der Waals surface area contributed by atoms with Gasteiger partial charge in [-0.15, -0.1) is 0 Å². The van der Waals surface area contributed by atoms with E-state index in [9.17, 15) is 8.78 Å². The summed E-state index contributed by atoms with van der Waals surface area (Å²) in [5, 5.41) is 7.46. The van der Waals surface area contributed by atoms with Crippen LogP contribution in [-0.4, -0.2) is 36.5 Å². The highest BCUT2D eigenvalue weighted by molar-refractivity contribution is 5.79. The fraction of sp³-hybridized carbons (Fsp3) is 0.429. The van der Waals surface area contributed by atoms with Crippen molar-refractivity contribution in [3.63, 3.8) is 0 Å². The number of rotatable bonds is 3. The molecule has 1 saturated carbocycles. The SMILES string of the molecule is FC1(F)CCC(Nc2ncc3c(n2)CCCC=C3c2ccn3nccc3n2)CC1. The van der Waals surface area contributed by atoms with Crippen LogP contribution in [0.3, 0.4) is 0 Å². The predicted molar refractivity (Wildman–Crippen MR) is 106 cm³/mol. The van der Waals surface area contributed by atoms with Crippen LogP contribution in [0.5, 0.6) is 0 Å². The standard InChI is InChI=1S/C21H22F2N6/c22-21(23)9-5-14(6-10-21)26-20-24-13-16-15(3-1-2-4-17(16)28-20)18-8-12-29-19(27-18)7-11-25-29/h3,7-8,11-14H,1-2,4-6,9-10H2,(H,24,26,28). The molecule has 0 aliphatic heterocycles. The maximum absolute atomic E-state index is 13.4. The smallest absolute Gasteiger partial charge is 0.248 e. The van der Waals surface area contributed by atoms with E-state index in [1.165, 1.54) is 0 Å². The van der Waals surface area contributed by atoms with Crippen molar-refractivity contribution < 1.29 is 8.78 Å². The third-order valence-electron chi connectivity index (χ3n) is 5.71. The molecule has 1 fully saturated rings. The maximum atomic E-state index is 13.4. The van der Waals surface area contributed by atoms with Crippen molar-refractivity contribution >= 4 is 17.2 Å². The summed E-state index contributed by atoms with van der Waals surface area (Å²) in [4.78, 5) is 14.0. The zero-order valence-electron chi connectivity index (χ0n) is 16.0. The highest BCUT2D eigenvalue weighted by Gasteiger charge is 2.35. The molecule has 0 atom stereocenters. The number of alkyl halides is 2. The summed E-state index contributed by atoms with van der Waals surface area (Å²) in [6, 6.07) is 3.83. The summed E-state index contributed by atoms with van der Waals surface area (Å²) in [7, 11) is 0. The van der Waals surface area contributed by atoms with Crippen molar-refractivity contribution in [2.45, 2.75) is 56.9 Å². The number of allylic oxidation sites excluding steroid dienone is 1. The van der Waals surface area contributed by atoms with Crippen LogP contribution in [0.4, 0.5) is 14.7 Å². The normalized spacial score (nSPS) is 19.4. The lowest BCUT2D eigenvalue weighted by molar-refractivity contribution is -0.0361. The van der Waals surface area contributed by atoms with E-state index in [2.05, 4.69) is 21.5 Å². The first-order valence-corrected chi connectivity index (χ1v) is 10.1. The van der Waals surface area contributed by atoms with Gasteiger partial charge in [0.25, 0.3) is 0 Å². The van der Waals surface area contributed by atoms with E-state index in [0.29, 0.717) is 18.8 Å². The molecule has 0 amide bonds. The van der Waals surface area contributed by atoms with E-state index in [1.807, 2.05) is 24.5 Å². The van der Waals surface area contributed by atoms with Crippen LogP contribution < -0.4 is 5.32 Å². The Kier molecular flexibility index (Phi) is 4.49. The molecule has 29 heavy (non-hydrogen) atoms. The lowest BCUT2D eigenvalue weighted by atomic mass is 9.92. The second-order valence-electron chi connectivity index (χ2n) is 7.79. The molecule has 0 spiro atoms. The molecule has 8 heteroatoms. The maximum Gasteiger partial charge on any atom is 0.248 e. The van der Waals surface area contributed by atoms with Crippen molar-refractivity contribution in [2.24, 2.45) is 0 Å². The monoisotopic (exact) mass is 396 g/mol. The molecule has 3 aromatic heterocycles. The molecule has 0 unspecified atom stereocenters. The number of anilines is 1. The van der Waals surface area contributed by atoms with Crippen molar-refractivity contribution in [1.29, 1.82) is 0 Å². The van der Waals surface area contributed by atoms with Crippen LogP contribution in [0, 0.1) is 0 Å². The zero-order chi connectivity index (χ0) is 19.8. The summed E-state index contributed by atoms with van der Waals surface area (Å²) >= 11 is 0. The van der Waals surface area contributed by atoms with Gasteiger partial charge in [0.1, 0.15) is 0 Å². The Morgan fingerprint density at radius 3 is 2.86 bits per heavy atom. The number of halogens is 2. The molecule has 0 aromatic carbocycles. The first kappa shape index (κ1) is 18.1. The first-order valence-electron chi connectivity index (χ1n) is 10.1. The average Bonchev–Trinajstić information content (AvgIpc) is 3.08. The Balaban J connectivity index is 1.41. The van der Waals surface area contributed by atoms with E-state index >= 15 is 0 Å². The molecule has 6 nitrogen and oxygen atoms in total. The number of aryl methyl sites for hydroxylation is 1. The largest absolute Gasteiger partial charge is 0.351 e. The molecule has 0 saturated heterocycles. The lowest BCUT2D eigenvalue weighted by Crippen LogP contribution is -2.32. The number of nitrogens with zero attached hydrogens (tertiary/aromatic N) is 5. The van der Waals surface area contributed by atoms with Gasteiger partial charge in [-0.05, 0) is 38.2 Å². The predicted octanol–water partition coefficient (Wildman–Crippen LogP) is 4.28. The van der Waals surface area contributed by atoms with E-state index in [0.717, 1.165) is 47.4 Å². The van der Waals surface area contributed by atoms with Gasteiger partial charge >= 0.3 is 0 Å². The molecule has 0 bridgehead atoms. The highest BCUT2D eigenvalue weighted by atomic mass is 19.3. The van der Waals surface area contributed by atoms with Crippen LogP contribution >= 0.6 is 0 Å². The molecule has 0 radical (unpaired) electrons. The molecule has 150 valence electrons. The Hall–Kier alpha value is -2.90. The van der Waals surface area contributed by atoms with Crippen molar-refractivity contribution in [3.05, 3.63) is 53.8 Å². The summed E-state index contributed by atoms with van der Waals surface area (Å²) in [5.41, 5.74) is 4.66. The van der Waals surface area contributed by atoms with Crippen molar-refractivity contribution in [1.82, 2.24) is 24.6 Å². The van der Waals surface area contributed by atoms with Gasteiger partial charge in [0.2, 0.25) is 11.9 Å². The van der Waals surface area contributed by atoms with Gasteiger partial charge in [0.15, 0.2) is 5.65 Å². The first-order chi connectivity index (χ1) is 14.1. The van der Waals surface area contributed by atoms with E-state index in [1.54, 1.807) is 10.7 Å². The van der Waals surface area contributed by atoms with Crippen LogP contribution in [0.1, 0.15) is 55.5 Å². The van der Waals surface area contributed by atoms with Crippen LogP contribution in [0.25, 0.3) is 11.2 Å². The molecule has 2 aliphatic rings. The number of hydrogen-bond acceptors (Lipinski definition) is 5. The summed E-state index contributed by atoms with van der Waals surface area (Å²) in [6.07, 6.45) is 11.2. The van der Waals surface area contributed by atoms with Gasteiger partial charge in [-0.2, -0.15) is 5.10 Å². The summed E-state index contributed by atoms with van der Waals surface area (Å²) in [6.45, 7) is 0. The van der Waals surface area contributed by atoms with E-state index in [4.69, 9.17) is 9.97 Å². The second kappa shape index (κ2) is 7.17. The minimum absolute atomic E-state index is 0.000551. The second-order valence-corrected chi connectivity index (χ2v) is 7.79. The fourth-order valence-corrected chi connectivity index (χ4v) is 4.10. The van der Waals surface area contributed by atoms with Gasteiger partial charge in [0, 0.05) is 48.5 Å². The minimum atomic E-state index is -2.53. The summed E-state index contributed by atoms with van der Waals surface area (Å²) in [5.74, 6) is -2.00. The van der Waals surface area contributed by atoms with Gasteiger partial charge in [-0.3, -0.25) is 0 Å². The Labute approximate surface area is 167 Å². The van der Waals surface area contributed by atoms with Crippen LogP contribution in [0.2, 0.25) is 0 Å². The van der Waals surface area contributed by atoms with Gasteiger partial charge < -0.3 is 5.32 Å². The third kappa shape index (κ3) is 3.71. The van der Waals surface area contributed by atoms with Gasteiger partial charge in [-0.25, -0.2) is 28.2 Å². The van der Waals surface area contributed by atoms with Crippen LogP contribution in [-0.2, 0) is 6.42 Å². The molecule has 3 heterocycles. The van der Waals surface area contributed by atoms with Crippen molar-refractivity contribution in [2.75, 3.05) is 5.32 Å². The number of hydrogen-bond donors (Lipinski definition) is 1. The Morgan fingerprint density at radius 1 is 1.14 bits per heavy atom. The number of fused-ring (bicyclic) bond motifs is 2. The zero-order valence-corrected chi connectivity index (χ0v) is 16.0. The van der Waals surface area contributed by atoms with Crippen LogP contribution in [0.15, 0.2) is 36.8 Å².